The smallest absolute Gasteiger partial charge is 0.220 e. The molecule has 5 heteroatoms. The van der Waals surface area contributed by atoms with Crippen molar-refractivity contribution in [2.75, 3.05) is 0 Å². The normalized spacial score (nSPS) is 17.2. The number of hydrogen-bond acceptors (Lipinski definition) is 4. The zero-order chi connectivity index (χ0) is 20.0. The number of pyridine rings is 1. The lowest BCUT2D eigenvalue weighted by atomic mass is 9.82. The van der Waals surface area contributed by atoms with E-state index < -0.39 is 0 Å². The van der Waals surface area contributed by atoms with Crippen LogP contribution < -0.4 is 5.32 Å². The summed E-state index contributed by atoms with van der Waals surface area (Å²) in [5.41, 5.74) is 9.58. The first-order chi connectivity index (χ1) is 14.2. The average Bonchev–Trinajstić information content (AvgIpc) is 3.14. The molecule has 2 aromatic heterocycles. The highest BCUT2D eigenvalue weighted by atomic mass is 16.5. The van der Waals surface area contributed by atoms with E-state index in [-0.39, 0.29) is 11.9 Å². The molecule has 0 saturated heterocycles. The van der Waals surface area contributed by atoms with Gasteiger partial charge in [0.2, 0.25) is 5.91 Å². The highest BCUT2D eigenvalue weighted by Gasteiger charge is 2.26. The number of amides is 1. The van der Waals surface area contributed by atoms with Gasteiger partial charge in [0.05, 0.1) is 11.7 Å². The van der Waals surface area contributed by atoms with Gasteiger partial charge in [-0.05, 0) is 60.4 Å². The highest BCUT2D eigenvalue weighted by Crippen LogP contribution is 2.40. The van der Waals surface area contributed by atoms with Gasteiger partial charge in [0.1, 0.15) is 5.76 Å². The van der Waals surface area contributed by atoms with Crippen molar-refractivity contribution in [2.45, 2.75) is 58.4 Å². The van der Waals surface area contributed by atoms with Gasteiger partial charge in [-0.25, -0.2) is 0 Å². The summed E-state index contributed by atoms with van der Waals surface area (Å²) in [6.45, 7) is 3.90. The summed E-state index contributed by atoms with van der Waals surface area (Å²) in [5.74, 6) is 1.10. The Morgan fingerprint density at radius 2 is 2.10 bits per heavy atom. The molecule has 0 unspecified atom stereocenters. The molecule has 1 N–H and O–H groups in total. The van der Waals surface area contributed by atoms with Crippen LogP contribution in [0.1, 0.15) is 60.4 Å². The zero-order valence-electron chi connectivity index (χ0n) is 16.9. The summed E-state index contributed by atoms with van der Waals surface area (Å²) in [4.78, 5) is 16.5. The van der Waals surface area contributed by atoms with E-state index >= 15 is 0 Å². The van der Waals surface area contributed by atoms with Crippen molar-refractivity contribution in [1.29, 1.82) is 0 Å². The first-order valence-electron chi connectivity index (χ1n) is 10.5. The lowest BCUT2D eigenvalue weighted by molar-refractivity contribution is -0.121. The largest absolute Gasteiger partial charge is 0.360 e. The Labute approximate surface area is 170 Å². The number of fused-ring (bicyclic) bond motifs is 4. The molecule has 0 spiro atoms. The van der Waals surface area contributed by atoms with Gasteiger partial charge in [-0.1, -0.05) is 30.3 Å². The molecule has 0 aliphatic heterocycles. The van der Waals surface area contributed by atoms with Crippen LogP contribution in [0.5, 0.6) is 0 Å². The number of hydrogen-bond donors (Lipinski definition) is 1. The van der Waals surface area contributed by atoms with Crippen molar-refractivity contribution in [2.24, 2.45) is 0 Å². The third-order valence-electron chi connectivity index (χ3n) is 6.28. The minimum Gasteiger partial charge on any atom is -0.360 e. The van der Waals surface area contributed by atoms with Crippen molar-refractivity contribution in [3.05, 3.63) is 58.7 Å². The standard InChI is InChI=1S/C24H25N3O2/c1-3-23(28)26-21-6-4-5-18-19(12-25-13-20(18)21)16-7-9-17-15(11-16)8-10-22-24(17)14(2)27-29-22/h7,9,11-13,21H,3-6,8,10H2,1-2H3,(H,26,28)/t21-/m1/s1. The highest BCUT2D eigenvalue weighted by molar-refractivity contribution is 5.79. The molecule has 5 rings (SSSR count). The lowest BCUT2D eigenvalue weighted by Gasteiger charge is -2.28. The molecular weight excluding hydrogens is 362 g/mol. The van der Waals surface area contributed by atoms with Gasteiger partial charge in [-0.2, -0.15) is 0 Å². The van der Waals surface area contributed by atoms with Gasteiger partial charge in [-0.3, -0.25) is 9.78 Å². The summed E-state index contributed by atoms with van der Waals surface area (Å²) in [7, 11) is 0. The topological polar surface area (TPSA) is 68.0 Å². The molecule has 3 aromatic rings. The molecule has 1 aromatic carbocycles. The Bertz CT molecular complexity index is 1100. The fourth-order valence-electron chi connectivity index (χ4n) is 4.81. The number of benzene rings is 1. The second kappa shape index (κ2) is 7.14. The molecule has 1 atom stereocenters. The van der Waals surface area contributed by atoms with Crippen LogP contribution in [0.4, 0.5) is 0 Å². The van der Waals surface area contributed by atoms with E-state index in [9.17, 15) is 4.79 Å². The summed E-state index contributed by atoms with van der Waals surface area (Å²) in [6.07, 6.45) is 9.35. The number of aryl methyl sites for hydroxylation is 3. The van der Waals surface area contributed by atoms with E-state index in [1.807, 2.05) is 26.2 Å². The minimum atomic E-state index is 0.0680. The van der Waals surface area contributed by atoms with E-state index in [2.05, 4.69) is 33.7 Å². The average molecular weight is 387 g/mol. The summed E-state index contributed by atoms with van der Waals surface area (Å²) in [5, 5.41) is 7.33. The van der Waals surface area contributed by atoms with Crippen LogP contribution in [0.2, 0.25) is 0 Å². The van der Waals surface area contributed by atoms with E-state index in [1.165, 1.54) is 33.4 Å². The van der Waals surface area contributed by atoms with Crippen LogP contribution in [0, 0.1) is 6.92 Å². The van der Waals surface area contributed by atoms with Crippen LogP contribution >= 0.6 is 0 Å². The maximum Gasteiger partial charge on any atom is 0.220 e. The Balaban J connectivity index is 1.56. The second-order valence-corrected chi connectivity index (χ2v) is 8.06. The summed E-state index contributed by atoms with van der Waals surface area (Å²) >= 11 is 0. The van der Waals surface area contributed by atoms with Crippen molar-refractivity contribution in [3.8, 4) is 22.3 Å². The van der Waals surface area contributed by atoms with Gasteiger partial charge < -0.3 is 9.84 Å². The van der Waals surface area contributed by atoms with Crippen LogP contribution in [0.25, 0.3) is 22.3 Å². The fraction of sp³-hybridized carbons (Fsp3) is 0.375. The second-order valence-electron chi connectivity index (χ2n) is 8.06. The lowest BCUT2D eigenvalue weighted by Crippen LogP contribution is -2.30. The van der Waals surface area contributed by atoms with Crippen LogP contribution in [0.15, 0.2) is 35.1 Å². The van der Waals surface area contributed by atoms with Crippen molar-refractivity contribution < 1.29 is 9.32 Å². The molecule has 5 nitrogen and oxygen atoms in total. The first kappa shape index (κ1) is 18.1. The van der Waals surface area contributed by atoms with Gasteiger partial charge in [0.15, 0.2) is 0 Å². The van der Waals surface area contributed by atoms with E-state index in [4.69, 9.17) is 4.52 Å². The Morgan fingerprint density at radius 1 is 1.21 bits per heavy atom. The quantitative estimate of drug-likeness (QED) is 0.706. The maximum absolute atomic E-state index is 12.0. The Morgan fingerprint density at radius 3 is 2.97 bits per heavy atom. The Hall–Kier alpha value is -2.95. The molecule has 2 aliphatic rings. The monoisotopic (exact) mass is 387 g/mol. The summed E-state index contributed by atoms with van der Waals surface area (Å²) < 4.78 is 5.49. The van der Waals surface area contributed by atoms with E-state index in [0.29, 0.717) is 6.42 Å². The first-order valence-corrected chi connectivity index (χ1v) is 10.5. The predicted octanol–water partition coefficient (Wildman–Crippen LogP) is 4.71. The van der Waals surface area contributed by atoms with Crippen LogP contribution in [-0.4, -0.2) is 16.0 Å². The minimum absolute atomic E-state index is 0.0680. The third-order valence-corrected chi connectivity index (χ3v) is 6.28. The number of carbonyl (C=O) groups excluding carboxylic acids is 1. The molecule has 0 fully saturated rings. The number of aromatic nitrogens is 2. The third kappa shape index (κ3) is 3.05. The molecule has 2 heterocycles. The zero-order valence-corrected chi connectivity index (χ0v) is 16.9. The maximum atomic E-state index is 12.0. The number of nitrogens with one attached hydrogen (secondary N) is 1. The molecule has 1 amide bonds. The van der Waals surface area contributed by atoms with Crippen LogP contribution in [-0.2, 0) is 24.1 Å². The number of nitrogens with zero attached hydrogens (tertiary/aromatic N) is 2. The van der Waals surface area contributed by atoms with Gasteiger partial charge in [0, 0.05) is 36.4 Å². The van der Waals surface area contributed by atoms with Gasteiger partial charge in [0.25, 0.3) is 0 Å². The summed E-state index contributed by atoms with van der Waals surface area (Å²) in [6, 6.07) is 6.76. The Kier molecular flexibility index (Phi) is 4.46. The molecule has 0 bridgehead atoms. The molecule has 0 saturated carbocycles. The van der Waals surface area contributed by atoms with Gasteiger partial charge in [-0.15, -0.1) is 0 Å². The molecule has 0 radical (unpaired) electrons. The number of carbonyl (C=O) groups is 1. The van der Waals surface area contributed by atoms with Crippen molar-refractivity contribution >= 4 is 5.91 Å². The van der Waals surface area contributed by atoms with Crippen LogP contribution in [0.3, 0.4) is 0 Å². The molecule has 2 aliphatic carbocycles. The predicted molar refractivity (Wildman–Crippen MR) is 111 cm³/mol. The van der Waals surface area contributed by atoms with Gasteiger partial charge >= 0.3 is 0 Å². The van der Waals surface area contributed by atoms with Crippen molar-refractivity contribution in [1.82, 2.24) is 15.5 Å². The molecule has 148 valence electrons. The fourth-order valence-corrected chi connectivity index (χ4v) is 4.81. The van der Waals surface area contributed by atoms with Crippen molar-refractivity contribution in [3.63, 3.8) is 0 Å². The molecule has 29 heavy (non-hydrogen) atoms. The molecular formula is C24H25N3O2. The van der Waals surface area contributed by atoms with E-state index in [0.717, 1.165) is 49.1 Å². The SMILES string of the molecule is CCC(=O)N[C@@H]1CCCc2c(-c3ccc4c(c3)CCc3onc(C)c3-4)cncc21. The number of rotatable bonds is 3. The van der Waals surface area contributed by atoms with E-state index in [1.54, 1.807) is 0 Å².